The van der Waals surface area contributed by atoms with E-state index in [0.29, 0.717) is 29.4 Å². The summed E-state index contributed by atoms with van der Waals surface area (Å²) < 4.78 is 0. The van der Waals surface area contributed by atoms with Gasteiger partial charge in [0.15, 0.2) is 0 Å². The highest BCUT2D eigenvalue weighted by molar-refractivity contribution is 6.36. The van der Waals surface area contributed by atoms with E-state index in [1.165, 1.54) is 0 Å². The molecule has 0 aliphatic rings. The Labute approximate surface area is 124 Å². The summed E-state index contributed by atoms with van der Waals surface area (Å²) in [5.41, 5.74) is 6.49. The molecule has 5 heteroatoms. The highest BCUT2D eigenvalue weighted by atomic mass is 35.5. The van der Waals surface area contributed by atoms with Gasteiger partial charge in [0.05, 0.1) is 0 Å². The zero-order valence-electron chi connectivity index (χ0n) is 11.2. The Balaban J connectivity index is 2.51. The molecule has 0 radical (unpaired) electrons. The third-order valence-corrected chi connectivity index (χ3v) is 3.58. The molecule has 1 aromatic rings. The molecule has 19 heavy (non-hydrogen) atoms. The summed E-state index contributed by atoms with van der Waals surface area (Å²) in [6, 6.07) is 5.46. The molecule has 3 nitrogen and oxygen atoms in total. The summed E-state index contributed by atoms with van der Waals surface area (Å²) in [5, 5.41) is 4.14. The molecule has 0 saturated carbocycles. The molecule has 0 fully saturated rings. The topological polar surface area (TPSA) is 55.1 Å². The van der Waals surface area contributed by atoms with Gasteiger partial charge >= 0.3 is 0 Å². The molecule has 106 valence electrons. The van der Waals surface area contributed by atoms with Crippen molar-refractivity contribution in [3.63, 3.8) is 0 Å². The van der Waals surface area contributed by atoms with E-state index >= 15 is 0 Å². The third-order valence-electron chi connectivity index (χ3n) is 2.92. The molecule has 0 aliphatic heterocycles. The van der Waals surface area contributed by atoms with Crippen LogP contribution in [0.25, 0.3) is 0 Å². The standard InChI is InChI=1S/C14H20Cl2N2O/c1-9(8-18-13(19)7-6-10(2)17)14-11(15)4-3-5-12(14)16/h3-5,9-10H,6-8,17H2,1-2H3,(H,18,19). The van der Waals surface area contributed by atoms with E-state index in [4.69, 9.17) is 28.9 Å². The van der Waals surface area contributed by atoms with Crippen LogP contribution in [0.15, 0.2) is 18.2 Å². The van der Waals surface area contributed by atoms with Crippen LogP contribution in [0, 0.1) is 0 Å². The first-order valence-corrected chi connectivity index (χ1v) is 7.13. The first-order valence-electron chi connectivity index (χ1n) is 6.38. The molecule has 1 rings (SSSR count). The van der Waals surface area contributed by atoms with E-state index in [-0.39, 0.29) is 17.9 Å². The first kappa shape index (κ1) is 16.3. The van der Waals surface area contributed by atoms with Gasteiger partial charge in [0.1, 0.15) is 0 Å². The molecular weight excluding hydrogens is 283 g/mol. The Morgan fingerprint density at radius 2 is 1.89 bits per heavy atom. The van der Waals surface area contributed by atoms with Crippen LogP contribution >= 0.6 is 23.2 Å². The number of amides is 1. The van der Waals surface area contributed by atoms with E-state index in [2.05, 4.69) is 5.32 Å². The fourth-order valence-electron chi connectivity index (χ4n) is 1.80. The van der Waals surface area contributed by atoms with Crippen LogP contribution in [-0.4, -0.2) is 18.5 Å². The highest BCUT2D eigenvalue weighted by Gasteiger charge is 2.14. The summed E-state index contributed by atoms with van der Waals surface area (Å²) in [6.45, 7) is 4.39. The summed E-state index contributed by atoms with van der Waals surface area (Å²) >= 11 is 12.3. The van der Waals surface area contributed by atoms with Crippen molar-refractivity contribution in [3.05, 3.63) is 33.8 Å². The lowest BCUT2D eigenvalue weighted by molar-refractivity contribution is -0.121. The van der Waals surface area contributed by atoms with Gasteiger partial charge in [-0.05, 0) is 31.0 Å². The fraction of sp³-hybridized carbons (Fsp3) is 0.500. The minimum Gasteiger partial charge on any atom is -0.356 e. The molecular formula is C14H20Cl2N2O. The van der Waals surface area contributed by atoms with Crippen LogP contribution in [0.5, 0.6) is 0 Å². The Morgan fingerprint density at radius 3 is 2.42 bits per heavy atom. The van der Waals surface area contributed by atoms with Crippen LogP contribution in [0.3, 0.4) is 0 Å². The van der Waals surface area contributed by atoms with Crippen LogP contribution < -0.4 is 11.1 Å². The van der Waals surface area contributed by atoms with Gasteiger partial charge in [-0.1, -0.05) is 36.2 Å². The number of benzene rings is 1. The molecule has 0 spiro atoms. The number of nitrogens with two attached hydrogens (primary N) is 1. The molecule has 1 amide bonds. The van der Waals surface area contributed by atoms with E-state index in [1.54, 1.807) is 12.1 Å². The quantitative estimate of drug-likeness (QED) is 0.847. The zero-order valence-corrected chi connectivity index (χ0v) is 12.8. The Kier molecular flexibility index (Phi) is 6.63. The maximum atomic E-state index is 11.6. The van der Waals surface area contributed by atoms with E-state index < -0.39 is 0 Å². The van der Waals surface area contributed by atoms with Gasteiger partial charge in [-0.25, -0.2) is 0 Å². The minimum atomic E-state index is 0.00678. The van der Waals surface area contributed by atoms with Crippen LogP contribution in [0.4, 0.5) is 0 Å². The smallest absolute Gasteiger partial charge is 0.220 e. The summed E-state index contributed by atoms with van der Waals surface area (Å²) in [5.74, 6) is 0.0766. The molecule has 0 saturated heterocycles. The molecule has 0 aliphatic carbocycles. The lowest BCUT2D eigenvalue weighted by Crippen LogP contribution is -2.29. The third kappa shape index (κ3) is 5.39. The number of rotatable bonds is 6. The van der Waals surface area contributed by atoms with Gasteiger partial charge in [-0.15, -0.1) is 0 Å². The van der Waals surface area contributed by atoms with Crippen LogP contribution in [-0.2, 0) is 4.79 Å². The summed E-state index contributed by atoms with van der Waals surface area (Å²) in [6.07, 6.45) is 1.13. The lowest BCUT2D eigenvalue weighted by Gasteiger charge is -2.16. The van der Waals surface area contributed by atoms with Gasteiger partial charge < -0.3 is 11.1 Å². The second kappa shape index (κ2) is 7.73. The fourth-order valence-corrected chi connectivity index (χ4v) is 2.57. The molecule has 0 aromatic heterocycles. The van der Waals surface area contributed by atoms with E-state index in [1.807, 2.05) is 19.9 Å². The van der Waals surface area contributed by atoms with E-state index in [9.17, 15) is 4.79 Å². The highest BCUT2D eigenvalue weighted by Crippen LogP contribution is 2.30. The van der Waals surface area contributed by atoms with Crippen molar-refractivity contribution in [1.29, 1.82) is 0 Å². The number of hydrogen-bond donors (Lipinski definition) is 2. The minimum absolute atomic E-state index is 0.00678. The second-order valence-electron chi connectivity index (χ2n) is 4.86. The summed E-state index contributed by atoms with van der Waals surface area (Å²) in [7, 11) is 0. The normalized spacial score (nSPS) is 13.9. The number of hydrogen-bond acceptors (Lipinski definition) is 2. The molecule has 0 bridgehead atoms. The SMILES string of the molecule is CC(N)CCC(=O)NCC(C)c1c(Cl)cccc1Cl. The average molecular weight is 303 g/mol. The molecule has 1 aromatic carbocycles. The average Bonchev–Trinajstić information content (AvgIpc) is 2.33. The Hall–Kier alpha value is -0.770. The van der Waals surface area contributed by atoms with Crippen molar-refractivity contribution in [1.82, 2.24) is 5.32 Å². The zero-order chi connectivity index (χ0) is 14.4. The lowest BCUT2D eigenvalue weighted by atomic mass is 10.0. The van der Waals surface area contributed by atoms with Crippen molar-refractivity contribution in [3.8, 4) is 0 Å². The number of nitrogens with one attached hydrogen (secondary N) is 1. The van der Waals surface area contributed by atoms with Crippen LogP contribution in [0.1, 0.15) is 38.2 Å². The molecule has 3 N–H and O–H groups in total. The Morgan fingerprint density at radius 1 is 1.32 bits per heavy atom. The van der Waals surface area contributed by atoms with Crippen molar-refractivity contribution in [2.45, 2.75) is 38.6 Å². The maximum absolute atomic E-state index is 11.6. The molecule has 2 atom stereocenters. The van der Waals surface area contributed by atoms with Gasteiger partial charge in [-0.3, -0.25) is 4.79 Å². The van der Waals surface area contributed by atoms with Crippen molar-refractivity contribution < 1.29 is 4.79 Å². The van der Waals surface area contributed by atoms with Crippen LogP contribution in [0.2, 0.25) is 10.0 Å². The second-order valence-corrected chi connectivity index (χ2v) is 5.67. The molecule has 2 unspecified atom stereocenters. The van der Waals surface area contributed by atoms with Crippen molar-refractivity contribution >= 4 is 29.1 Å². The predicted molar refractivity (Wildman–Crippen MR) is 80.8 cm³/mol. The largest absolute Gasteiger partial charge is 0.356 e. The van der Waals surface area contributed by atoms with Gasteiger partial charge in [0.2, 0.25) is 5.91 Å². The number of carbonyl (C=O) groups is 1. The van der Waals surface area contributed by atoms with Gasteiger partial charge in [0.25, 0.3) is 0 Å². The van der Waals surface area contributed by atoms with Crippen molar-refractivity contribution in [2.75, 3.05) is 6.54 Å². The molecule has 0 heterocycles. The number of carbonyl (C=O) groups excluding carboxylic acids is 1. The first-order chi connectivity index (χ1) is 8.91. The number of halogens is 2. The van der Waals surface area contributed by atoms with Gasteiger partial charge in [0, 0.05) is 35.0 Å². The predicted octanol–water partition coefficient (Wildman–Crippen LogP) is 3.34. The summed E-state index contributed by atoms with van der Waals surface area (Å²) in [4.78, 5) is 11.6. The van der Waals surface area contributed by atoms with E-state index in [0.717, 1.165) is 5.56 Å². The maximum Gasteiger partial charge on any atom is 0.220 e. The van der Waals surface area contributed by atoms with Gasteiger partial charge in [-0.2, -0.15) is 0 Å². The Bertz CT molecular complexity index is 415. The monoisotopic (exact) mass is 302 g/mol. The van der Waals surface area contributed by atoms with Crippen molar-refractivity contribution in [2.24, 2.45) is 5.73 Å².